The van der Waals surface area contributed by atoms with Crippen LogP contribution in [0.15, 0.2) is 22.7 Å². The summed E-state index contributed by atoms with van der Waals surface area (Å²) < 4.78 is 0.785. The van der Waals surface area contributed by atoms with Crippen molar-refractivity contribution in [2.24, 2.45) is 0 Å². The van der Waals surface area contributed by atoms with Crippen LogP contribution in [-0.4, -0.2) is 40.6 Å². The van der Waals surface area contributed by atoms with E-state index >= 15 is 0 Å². The predicted molar refractivity (Wildman–Crippen MR) is 85.9 cm³/mol. The van der Waals surface area contributed by atoms with E-state index < -0.39 is 0 Å². The smallest absolute Gasteiger partial charge is 0.238 e. The number of nitrogens with two attached hydrogens (primary N) is 1. The van der Waals surface area contributed by atoms with Crippen LogP contribution in [0.5, 0.6) is 0 Å². The Morgan fingerprint density at radius 2 is 2.05 bits per heavy atom. The molecule has 2 heterocycles. The van der Waals surface area contributed by atoms with Crippen molar-refractivity contribution >= 4 is 33.2 Å². The van der Waals surface area contributed by atoms with Crippen molar-refractivity contribution in [3.05, 3.63) is 22.7 Å². The first-order valence-electron chi connectivity index (χ1n) is 7.31. The minimum atomic E-state index is -0.201. The molecule has 1 aromatic rings. The van der Waals surface area contributed by atoms with Crippen molar-refractivity contribution in [1.29, 1.82) is 0 Å². The zero-order valence-electron chi connectivity index (χ0n) is 11.8. The van der Waals surface area contributed by atoms with Crippen molar-refractivity contribution in [2.45, 2.75) is 43.9 Å². The third-order valence-corrected chi connectivity index (χ3v) is 5.11. The fourth-order valence-electron chi connectivity index (χ4n) is 3.49. The molecule has 2 saturated heterocycles. The average Bonchev–Trinajstić information content (AvgIpc) is 2.66. The van der Waals surface area contributed by atoms with E-state index in [1.165, 1.54) is 0 Å². The zero-order valence-corrected chi connectivity index (χ0v) is 13.3. The number of piperidine rings is 1. The Kier molecular flexibility index (Phi) is 4.19. The minimum absolute atomic E-state index is 0.0197. The maximum atomic E-state index is 12.3. The number of benzene rings is 1. The standard InChI is InChI=1S/C15H20BrN3O2/c16-13-5-9(17)1-4-14(13)18-15(21)8-19-10-2-3-11(19)7-12(20)6-10/h1,4-5,10-12,20H,2-3,6-8,17H2,(H,18,21). The number of carbonyl (C=O) groups is 1. The fourth-order valence-corrected chi connectivity index (χ4v) is 3.99. The predicted octanol–water partition coefficient (Wildman–Crippen LogP) is 1.96. The number of amides is 1. The average molecular weight is 354 g/mol. The molecule has 6 heteroatoms. The van der Waals surface area contributed by atoms with Gasteiger partial charge in [0.1, 0.15) is 0 Å². The Labute approximate surface area is 132 Å². The molecule has 114 valence electrons. The van der Waals surface area contributed by atoms with E-state index in [1.54, 1.807) is 18.2 Å². The molecular formula is C15H20BrN3O2. The Morgan fingerprint density at radius 1 is 1.38 bits per heavy atom. The van der Waals surface area contributed by atoms with Crippen molar-refractivity contribution in [2.75, 3.05) is 17.6 Å². The van der Waals surface area contributed by atoms with Crippen LogP contribution in [0.3, 0.4) is 0 Å². The maximum absolute atomic E-state index is 12.3. The third-order valence-electron chi connectivity index (χ3n) is 4.45. The van der Waals surface area contributed by atoms with Crippen molar-refractivity contribution in [3.63, 3.8) is 0 Å². The van der Waals surface area contributed by atoms with Gasteiger partial charge in [0.25, 0.3) is 0 Å². The Morgan fingerprint density at radius 3 is 2.67 bits per heavy atom. The molecule has 2 unspecified atom stereocenters. The van der Waals surface area contributed by atoms with Crippen LogP contribution >= 0.6 is 15.9 Å². The van der Waals surface area contributed by atoms with Crippen LogP contribution in [-0.2, 0) is 4.79 Å². The van der Waals surface area contributed by atoms with Crippen LogP contribution in [0.1, 0.15) is 25.7 Å². The van der Waals surface area contributed by atoms with Gasteiger partial charge in [-0.15, -0.1) is 0 Å². The number of nitrogens with one attached hydrogen (secondary N) is 1. The number of halogens is 1. The molecule has 21 heavy (non-hydrogen) atoms. The molecule has 3 rings (SSSR count). The van der Waals surface area contributed by atoms with Gasteiger partial charge in [-0.05, 0) is 59.8 Å². The second-order valence-corrected chi connectivity index (χ2v) is 6.82. The van der Waals surface area contributed by atoms with Crippen LogP contribution in [0.25, 0.3) is 0 Å². The molecule has 0 radical (unpaired) electrons. The molecule has 2 fully saturated rings. The summed E-state index contributed by atoms with van der Waals surface area (Å²) in [5.41, 5.74) is 7.08. The first-order chi connectivity index (χ1) is 10.0. The topological polar surface area (TPSA) is 78.6 Å². The normalized spacial score (nSPS) is 28.6. The SMILES string of the molecule is Nc1ccc(NC(=O)CN2C3CCC2CC(O)C3)c(Br)c1. The first kappa shape index (κ1) is 14.8. The second-order valence-electron chi connectivity index (χ2n) is 5.97. The number of hydrogen-bond donors (Lipinski definition) is 3. The number of fused-ring (bicyclic) bond motifs is 2. The largest absolute Gasteiger partial charge is 0.399 e. The van der Waals surface area contributed by atoms with E-state index in [2.05, 4.69) is 26.1 Å². The highest BCUT2D eigenvalue weighted by molar-refractivity contribution is 9.10. The number of nitrogen functional groups attached to an aromatic ring is 1. The molecule has 0 spiro atoms. The lowest BCUT2D eigenvalue weighted by atomic mass is 10.00. The van der Waals surface area contributed by atoms with Gasteiger partial charge in [0.05, 0.1) is 18.3 Å². The van der Waals surface area contributed by atoms with Gasteiger partial charge in [0.15, 0.2) is 0 Å². The van der Waals surface area contributed by atoms with Gasteiger partial charge < -0.3 is 16.2 Å². The summed E-state index contributed by atoms with van der Waals surface area (Å²) in [6, 6.07) is 6.03. The summed E-state index contributed by atoms with van der Waals surface area (Å²) in [6.07, 6.45) is 3.54. The highest BCUT2D eigenvalue weighted by atomic mass is 79.9. The summed E-state index contributed by atoms with van der Waals surface area (Å²) in [5.74, 6) is -0.0197. The molecule has 1 amide bonds. The number of aliphatic hydroxyl groups excluding tert-OH is 1. The van der Waals surface area contributed by atoms with E-state index in [4.69, 9.17) is 5.73 Å². The van der Waals surface area contributed by atoms with Gasteiger partial charge in [-0.3, -0.25) is 9.69 Å². The van der Waals surface area contributed by atoms with Crippen LogP contribution in [0, 0.1) is 0 Å². The first-order valence-corrected chi connectivity index (χ1v) is 8.11. The van der Waals surface area contributed by atoms with Crippen molar-refractivity contribution in [3.8, 4) is 0 Å². The van der Waals surface area contributed by atoms with E-state index in [-0.39, 0.29) is 12.0 Å². The van der Waals surface area contributed by atoms with Crippen LogP contribution in [0.4, 0.5) is 11.4 Å². The van der Waals surface area contributed by atoms with E-state index in [9.17, 15) is 9.90 Å². The third kappa shape index (κ3) is 3.22. The van der Waals surface area contributed by atoms with Crippen LogP contribution < -0.4 is 11.1 Å². The molecule has 4 N–H and O–H groups in total. The van der Waals surface area contributed by atoms with Gasteiger partial charge >= 0.3 is 0 Å². The van der Waals surface area contributed by atoms with Gasteiger partial charge in [0, 0.05) is 22.2 Å². The summed E-state index contributed by atoms with van der Waals surface area (Å²) in [6.45, 7) is 0.388. The van der Waals surface area contributed by atoms with Gasteiger partial charge in [-0.25, -0.2) is 0 Å². The Balaban J connectivity index is 1.62. The molecule has 0 saturated carbocycles. The number of nitrogens with zero attached hydrogens (tertiary/aromatic N) is 1. The highest BCUT2D eigenvalue weighted by Gasteiger charge is 2.40. The molecule has 2 aliphatic rings. The lowest BCUT2D eigenvalue weighted by Crippen LogP contribution is -2.47. The zero-order chi connectivity index (χ0) is 15.0. The highest BCUT2D eigenvalue weighted by Crippen LogP contribution is 2.35. The van der Waals surface area contributed by atoms with Gasteiger partial charge in [0.2, 0.25) is 5.91 Å². The number of rotatable bonds is 3. The molecule has 5 nitrogen and oxygen atoms in total. The van der Waals surface area contributed by atoms with Gasteiger partial charge in [-0.2, -0.15) is 0 Å². The van der Waals surface area contributed by atoms with E-state index in [1.807, 2.05) is 0 Å². The second kappa shape index (κ2) is 5.94. The quantitative estimate of drug-likeness (QED) is 0.725. The van der Waals surface area contributed by atoms with Crippen molar-refractivity contribution in [1.82, 2.24) is 4.90 Å². The Hall–Kier alpha value is -1.11. The lowest BCUT2D eigenvalue weighted by Gasteiger charge is -2.36. The van der Waals surface area contributed by atoms with E-state index in [0.717, 1.165) is 35.8 Å². The number of hydrogen-bond acceptors (Lipinski definition) is 4. The molecule has 2 atom stereocenters. The summed E-state index contributed by atoms with van der Waals surface area (Å²) >= 11 is 3.40. The Bertz CT molecular complexity index is 538. The summed E-state index contributed by atoms with van der Waals surface area (Å²) in [4.78, 5) is 14.5. The molecule has 2 aliphatic heterocycles. The molecule has 2 bridgehead atoms. The molecule has 0 aliphatic carbocycles. The summed E-state index contributed by atoms with van der Waals surface area (Å²) in [5, 5.41) is 12.7. The monoisotopic (exact) mass is 353 g/mol. The van der Waals surface area contributed by atoms with Gasteiger partial charge in [-0.1, -0.05) is 0 Å². The number of carbonyl (C=O) groups excluding carboxylic acids is 1. The minimum Gasteiger partial charge on any atom is -0.399 e. The number of aliphatic hydroxyl groups is 1. The molecular weight excluding hydrogens is 334 g/mol. The summed E-state index contributed by atoms with van der Waals surface area (Å²) in [7, 11) is 0. The van der Waals surface area contributed by atoms with E-state index in [0.29, 0.717) is 24.3 Å². The fraction of sp³-hybridized carbons (Fsp3) is 0.533. The maximum Gasteiger partial charge on any atom is 0.238 e. The van der Waals surface area contributed by atoms with Crippen molar-refractivity contribution < 1.29 is 9.90 Å². The van der Waals surface area contributed by atoms with Crippen LogP contribution in [0.2, 0.25) is 0 Å². The molecule has 1 aromatic carbocycles. The number of anilines is 2. The molecule has 0 aromatic heterocycles. The lowest BCUT2D eigenvalue weighted by molar-refractivity contribution is -0.119.